The van der Waals surface area contributed by atoms with Crippen LogP contribution in [-0.2, 0) is 0 Å². The highest BCUT2D eigenvalue weighted by molar-refractivity contribution is 4.78. The minimum absolute atomic E-state index is 0.838. The largest absolute Gasteiger partial charge is 0.0654 e. The van der Waals surface area contributed by atoms with Crippen molar-refractivity contribution >= 4 is 0 Å². The quantitative estimate of drug-likeness (QED) is 0.453. The van der Waals surface area contributed by atoms with Crippen LogP contribution in [-0.4, -0.2) is 0 Å². The predicted octanol–water partition coefficient (Wildman–Crippen LogP) is 6.16. The lowest BCUT2D eigenvalue weighted by Crippen LogP contribution is -2.27. The maximum Gasteiger partial charge on any atom is -0.0337 e. The maximum atomic E-state index is 2.50. The zero-order valence-corrected chi connectivity index (χ0v) is 13.4. The number of hydrogen-bond acceptors (Lipinski definition) is 0. The summed E-state index contributed by atoms with van der Waals surface area (Å²) in [5.41, 5.74) is 0. The SMILES string of the molecule is CCCC(CC)C(C(C)C)C(C)CC(C)CC. The fourth-order valence-corrected chi connectivity index (χ4v) is 3.66. The molecule has 0 rings (SSSR count). The molecule has 0 aliphatic carbocycles. The lowest BCUT2D eigenvalue weighted by atomic mass is 9.70. The highest BCUT2D eigenvalue weighted by Gasteiger charge is 2.28. The van der Waals surface area contributed by atoms with Crippen LogP contribution in [0.4, 0.5) is 0 Å². The second kappa shape index (κ2) is 9.00. The van der Waals surface area contributed by atoms with Gasteiger partial charge >= 0.3 is 0 Å². The normalized spacial score (nSPS) is 19.1. The Bertz CT molecular complexity index is 171. The minimum atomic E-state index is 0.838. The molecule has 4 unspecified atom stereocenters. The third-order valence-electron chi connectivity index (χ3n) is 4.63. The lowest BCUT2D eigenvalue weighted by Gasteiger charge is -2.35. The summed E-state index contributed by atoms with van der Waals surface area (Å²) in [6, 6.07) is 0. The van der Waals surface area contributed by atoms with E-state index < -0.39 is 0 Å². The first kappa shape index (κ1) is 17.0. The molecule has 104 valence electrons. The van der Waals surface area contributed by atoms with Crippen molar-refractivity contribution in [2.45, 2.75) is 80.6 Å². The monoisotopic (exact) mass is 240 g/mol. The van der Waals surface area contributed by atoms with Crippen molar-refractivity contribution in [3.05, 3.63) is 0 Å². The number of hydrogen-bond donors (Lipinski definition) is 0. The third-order valence-corrected chi connectivity index (χ3v) is 4.63. The minimum Gasteiger partial charge on any atom is -0.0654 e. The average molecular weight is 240 g/mol. The Morgan fingerprint density at radius 2 is 1.41 bits per heavy atom. The van der Waals surface area contributed by atoms with Crippen LogP contribution in [0.5, 0.6) is 0 Å². The van der Waals surface area contributed by atoms with Crippen molar-refractivity contribution in [1.82, 2.24) is 0 Å². The van der Waals surface area contributed by atoms with Crippen molar-refractivity contribution in [3.8, 4) is 0 Å². The van der Waals surface area contributed by atoms with E-state index in [0.29, 0.717) is 0 Å². The molecule has 0 heteroatoms. The van der Waals surface area contributed by atoms with Gasteiger partial charge in [-0.05, 0) is 36.0 Å². The molecule has 0 spiro atoms. The van der Waals surface area contributed by atoms with Gasteiger partial charge in [-0.1, -0.05) is 74.1 Å². The Morgan fingerprint density at radius 1 is 0.824 bits per heavy atom. The molecule has 0 N–H and O–H groups in total. The molecule has 0 aliphatic rings. The van der Waals surface area contributed by atoms with Gasteiger partial charge in [-0.3, -0.25) is 0 Å². The van der Waals surface area contributed by atoms with Gasteiger partial charge < -0.3 is 0 Å². The summed E-state index contributed by atoms with van der Waals surface area (Å²) >= 11 is 0. The first-order valence-corrected chi connectivity index (χ1v) is 7.97. The number of rotatable bonds is 9. The third kappa shape index (κ3) is 5.93. The summed E-state index contributed by atoms with van der Waals surface area (Å²) in [6.07, 6.45) is 6.88. The van der Waals surface area contributed by atoms with Crippen LogP contribution in [0.2, 0.25) is 0 Å². The van der Waals surface area contributed by atoms with E-state index in [9.17, 15) is 0 Å². The van der Waals surface area contributed by atoms with Gasteiger partial charge in [0.15, 0.2) is 0 Å². The summed E-state index contributed by atoms with van der Waals surface area (Å²) in [7, 11) is 0. The average Bonchev–Trinajstić information content (AvgIpc) is 2.27. The van der Waals surface area contributed by atoms with Gasteiger partial charge in [0.2, 0.25) is 0 Å². The van der Waals surface area contributed by atoms with E-state index in [1.165, 1.54) is 32.1 Å². The van der Waals surface area contributed by atoms with Gasteiger partial charge in [-0.15, -0.1) is 0 Å². The standard InChI is InChI=1S/C17H36/c1-8-11-16(10-3)17(13(4)5)15(7)12-14(6)9-2/h13-17H,8-12H2,1-7H3. The molecule has 0 saturated carbocycles. The molecular weight excluding hydrogens is 204 g/mol. The summed E-state index contributed by atoms with van der Waals surface area (Å²) in [6.45, 7) is 16.8. The van der Waals surface area contributed by atoms with Crippen LogP contribution in [0.1, 0.15) is 80.6 Å². The Hall–Kier alpha value is 0. The molecule has 0 amide bonds. The molecule has 0 aromatic rings. The zero-order chi connectivity index (χ0) is 13.4. The van der Waals surface area contributed by atoms with Gasteiger partial charge in [-0.25, -0.2) is 0 Å². The predicted molar refractivity (Wildman–Crippen MR) is 80.3 cm³/mol. The summed E-state index contributed by atoms with van der Waals surface area (Å²) in [5, 5.41) is 0. The van der Waals surface area contributed by atoms with E-state index in [4.69, 9.17) is 0 Å². The van der Waals surface area contributed by atoms with Crippen LogP contribution < -0.4 is 0 Å². The van der Waals surface area contributed by atoms with E-state index in [-0.39, 0.29) is 0 Å². The fraction of sp³-hybridized carbons (Fsp3) is 1.00. The van der Waals surface area contributed by atoms with E-state index in [1.807, 2.05) is 0 Å². The second-order valence-corrected chi connectivity index (χ2v) is 6.50. The zero-order valence-electron chi connectivity index (χ0n) is 13.4. The molecule has 0 heterocycles. The summed E-state index contributed by atoms with van der Waals surface area (Å²) in [5.74, 6) is 4.49. The topological polar surface area (TPSA) is 0 Å². The first-order valence-electron chi connectivity index (χ1n) is 7.97. The van der Waals surface area contributed by atoms with Crippen LogP contribution in [0.15, 0.2) is 0 Å². The molecule has 17 heavy (non-hydrogen) atoms. The molecule has 0 aliphatic heterocycles. The lowest BCUT2D eigenvalue weighted by molar-refractivity contribution is 0.140. The van der Waals surface area contributed by atoms with Crippen LogP contribution in [0, 0.1) is 29.6 Å². The highest BCUT2D eigenvalue weighted by Crippen LogP contribution is 2.37. The van der Waals surface area contributed by atoms with Gasteiger partial charge in [-0.2, -0.15) is 0 Å². The van der Waals surface area contributed by atoms with Crippen molar-refractivity contribution in [1.29, 1.82) is 0 Å². The van der Waals surface area contributed by atoms with E-state index >= 15 is 0 Å². The Balaban J connectivity index is 4.58. The smallest absolute Gasteiger partial charge is 0.0337 e. The fourth-order valence-electron chi connectivity index (χ4n) is 3.66. The molecule has 0 fully saturated rings. The molecule has 0 bridgehead atoms. The molecule has 4 atom stereocenters. The van der Waals surface area contributed by atoms with Crippen LogP contribution >= 0.6 is 0 Å². The molecule has 0 radical (unpaired) electrons. The highest BCUT2D eigenvalue weighted by atomic mass is 14.3. The Kier molecular flexibility index (Phi) is 9.00. The second-order valence-electron chi connectivity index (χ2n) is 6.50. The van der Waals surface area contributed by atoms with Gasteiger partial charge in [0.1, 0.15) is 0 Å². The van der Waals surface area contributed by atoms with E-state index in [2.05, 4.69) is 48.5 Å². The Labute approximate surface area is 111 Å². The maximum absolute atomic E-state index is 2.50. The van der Waals surface area contributed by atoms with Gasteiger partial charge in [0.05, 0.1) is 0 Å². The molecule has 0 aromatic heterocycles. The van der Waals surface area contributed by atoms with Gasteiger partial charge in [0.25, 0.3) is 0 Å². The summed E-state index contributed by atoms with van der Waals surface area (Å²) in [4.78, 5) is 0. The van der Waals surface area contributed by atoms with Crippen molar-refractivity contribution in [3.63, 3.8) is 0 Å². The van der Waals surface area contributed by atoms with Crippen molar-refractivity contribution in [2.75, 3.05) is 0 Å². The van der Waals surface area contributed by atoms with Gasteiger partial charge in [0, 0.05) is 0 Å². The van der Waals surface area contributed by atoms with E-state index in [0.717, 1.165) is 29.6 Å². The van der Waals surface area contributed by atoms with Crippen molar-refractivity contribution in [2.24, 2.45) is 29.6 Å². The van der Waals surface area contributed by atoms with Crippen LogP contribution in [0.25, 0.3) is 0 Å². The molecular formula is C17H36. The first-order chi connectivity index (χ1) is 7.97. The molecule has 0 saturated heterocycles. The molecule has 0 nitrogen and oxygen atoms in total. The van der Waals surface area contributed by atoms with Crippen molar-refractivity contribution < 1.29 is 0 Å². The molecule has 0 aromatic carbocycles. The summed E-state index contributed by atoms with van der Waals surface area (Å²) < 4.78 is 0. The van der Waals surface area contributed by atoms with Crippen LogP contribution in [0.3, 0.4) is 0 Å². The Morgan fingerprint density at radius 3 is 1.76 bits per heavy atom. The van der Waals surface area contributed by atoms with E-state index in [1.54, 1.807) is 0 Å².